The number of sulfonamides is 1. The summed E-state index contributed by atoms with van der Waals surface area (Å²) in [5, 5.41) is 2.86. The molecule has 1 N–H and O–H groups in total. The molecule has 3 rings (SSSR count). The van der Waals surface area contributed by atoms with E-state index in [-0.39, 0.29) is 5.91 Å². The van der Waals surface area contributed by atoms with Gasteiger partial charge in [0.2, 0.25) is 15.9 Å². The number of carbonyl (C=O) groups excluding carboxylic acids is 1. The summed E-state index contributed by atoms with van der Waals surface area (Å²) in [6.07, 6.45) is 0.337. The fraction of sp³-hybridized carbons (Fsp3) is 0.350. The van der Waals surface area contributed by atoms with Crippen LogP contribution in [0.5, 0.6) is 5.75 Å². The van der Waals surface area contributed by atoms with Gasteiger partial charge in [0.25, 0.3) is 0 Å². The Morgan fingerprint density at radius 3 is 2.32 bits per heavy atom. The first kappa shape index (κ1) is 20.3. The fourth-order valence-electron chi connectivity index (χ4n) is 3.16. The highest BCUT2D eigenvalue weighted by atomic mass is 32.2. The number of ether oxygens (including phenoxy) is 1. The van der Waals surface area contributed by atoms with Crippen LogP contribution in [0.1, 0.15) is 6.42 Å². The average molecular weight is 404 g/mol. The van der Waals surface area contributed by atoms with Crippen molar-refractivity contribution in [2.24, 2.45) is 0 Å². The van der Waals surface area contributed by atoms with Crippen LogP contribution in [0.3, 0.4) is 0 Å². The summed E-state index contributed by atoms with van der Waals surface area (Å²) in [4.78, 5) is 14.7. The number of para-hydroxylation sites is 2. The van der Waals surface area contributed by atoms with Gasteiger partial charge in [-0.2, -0.15) is 4.31 Å². The van der Waals surface area contributed by atoms with Gasteiger partial charge in [-0.3, -0.25) is 4.79 Å². The molecular weight excluding hydrogens is 378 g/mol. The van der Waals surface area contributed by atoms with Crippen molar-refractivity contribution in [2.75, 3.05) is 45.2 Å². The number of nitrogens with zero attached hydrogens (tertiary/aromatic N) is 2. The van der Waals surface area contributed by atoms with Crippen LogP contribution in [-0.4, -0.2) is 63.4 Å². The van der Waals surface area contributed by atoms with E-state index in [0.717, 1.165) is 0 Å². The summed E-state index contributed by atoms with van der Waals surface area (Å²) in [5.41, 5.74) is 0.647. The number of hydrogen-bond acceptors (Lipinski definition) is 5. The lowest BCUT2D eigenvalue weighted by molar-refractivity contribution is -0.116. The first-order valence-electron chi connectivity index (χ1n) is 9.21. The minimum absolute atomic E-state index is 0.0937. The van der Waals surface area contributed by atoms with Gasteiger partial charge in [0.15, 0.2) is 0 Å². The fourth-order valence-corrected chi connectivity index (χ4v) is 4.60. The van der Waals surface area contributed by atoms with Crippen molar-refractivity contribution in [3.8, 4) is 5.75 Å². The molecule has 0 bridgehead atoms. The zero-order valence-electron chi connectivity index (χ0n) is 15.9. The maximum Gasteiger partial charge on any atom is 0.243 e. The van der Waals surface area contributed by atoms with Crippen LogP contribution in [0.2, 0.25) is 0 Å². The van der Waals surface area contributed by atoms with Crippen molar-refractivity contribution in [3.05, 3.63) is 54.6 Å². The Morgan fingerprint density at radius 2 is 1.64 bits per heavy atom. The molecule has 1 aliphatic heterocycles. The van der Waals surface area contributed by atoms with E-state index in [4.69, 9.17) is 4.74 Å². The molecule has 0 saturated carbocycles. The number of amides is 1. The number of methoxy groups -OCH3 is 1. The molecule has 28 heavy (non-hydrogen) atoms. The zero-order valence-corrected chi connectivity index (χ0v) is 16.7. The molecule has 1 amide bonds. The summed E-state index contributed by atoms with van der Waals surface area (Å²) >= 11 is 0. The van der Waals surface area contributed by atoms with E-state index in [2.05, 4.69) is 10.2 Å². The summed E-state index contributed by atoms with van der Waals surface area (Å²) in [5.74, 6) is 0.527. The average Bonchev–Trinajstić information content (AvgIpc) is 2.73. The largest absolute Gasteiger partial charge is 0.495 e. The highest BCUT2D eigenvalue weighted by Gasteiger charge is 2.28. The van der Waals surface area contributed by atoms with Crippen LogP contribution >= 0.6 is 0 Å². The van der Waals surface area contributed by atoms with Crippen molar-refractivity contribution in [2.45, 2.75) is 11.3 Å². The molecule has 1 fully saturated rings. The molecule has 1 aliphatic rings. The molecular formula is C20H25N3O4S. The molecule has 8 heteroatoms. The Bertz CT molecular complexity index is 895. The normalized spacial score (nSPS) is 15.9. The van der Waals surface area contributed by atoms with Crippen LogP contribution in [-0.2, 0) is 14.8 Å². The number of rotatable bonds is 7. The third-order valence-electron chi connectivity index (χ3n) is 4.75. The highest BCUT2D eigenvalue weighted by Crippen LogP contribution is 2.23. The Hall–Kier alpha value is -2.42. The topological polar surface area (TPSA) is 79.0 Å². The third kappa shape index (κ3) is 4.89. The summed E-state index contributed by atoms with van der Waals surface area (Å²) < 4.78 is 32.1. The first-order chi connectivity index (χ1) is 13.5. The molecule has 2 aromatic carbocycles. The van der Waals surface area contributed by atoms with Crippen molar-refractivity contribution >= 4 is 21.6 Å². The van der Waals surface area contributed by atoms with Crippen LogP contribution in [0.25, 0.3) is 0 Å². The maximum atomic E-state index is 12.7. The Morgan fingerprint density at radius 1 is 1.00 bits per heavy atom. The number of piperazine rings is 1. The number of anilines is 1. The molecule has 0 aromatic heterocycles. The van der Waals surface area contributed by atoms with Gasteiger partial charge in [-0.25, -0.2) is 8.42 Å². The summed E-state index contributed by atoms with van der Waals surface area (Å²) in [6, 6.07) is 15.8. The lowest BCUT2D eigenvalue weighted by Gasteiger charge is -2.33. The van der Waals surface area contributed by atoms with Gasteiger partial charge in [0, 0.05) is 39.1 Å². The van der Waals surface area contributed by atoms with Crippen LogP contribution in [0, 0.1) is 0 Å². The Kier molecular flexibility index (Phi) is 6.66. The van der Waals surface area contributed by atoms with Gasteiger partial charge < -0.3 is 15.0 Å². The molecule has 0 aliphatic carbocycles. The predicted octanol–water partition coefficient (Wildman–Crippen LogP) is 2.03. The van der Waals surface area contributed by atoms with Crippen molar-refractivity contribution in [1.29, 1.82) is 0 Å². The first-order valence-corrected chi connectivity index (χ1v) is 10.6. The van der Waals surface area contributed by atoms with E-state index in [1.54, 1.807) is 49.6 Å². The van der Waals surface area contributed by atoms with Crippen LogP contribution in [0.15, 0.2) is 59.5 Å². The molecule has 2 aromatic rings. The number of carbonyl (C=O) groups is 1. The van der Waals surface area contributed by atoms with Gasteiger partial charge in [0.05, 0.1) is 17.7 Å². The van der Waals surface area contributed by atoms with Gasteiger partial charge in [0.1, 0.15) is 5.75 Å². The van der Waals surface area contributed by atoms with Crippen LogP contribution in [0.4, 0.5) is 5.69 Å². The zero-order chi connectivity index (χ0) is 20.0. The standard InChI is InChI=1S/C20H25N3O4S/c1-27-19-10-6-5-9-18(19)21-20(24)11-12-22-13-15-23(16-14-22)28(25,26)17-7-3-2-4-8-17/h2-10H,11-16H2,1H3,(H,21,24). The third-order valence-corrected chi connectivity index (χ3v) is 6.66. The summed E-state index contributed by atoms with van der Waals surface area (Å²) in [7, 11) is -1.89. The molecule has 1 heterocycles. The lowest BCUT2D eigenvalue weighted by Crippen LogP contribution is -2.49. The SMILES string of the molecule is COc1ccccc1NC(=O)CCN1CCN(S(=O)(=O)c2ccccc2)CC1. The van der Waals surface area contributed by atoms with E-state index in [0.29, 0.717) is 55.5 Å². The van der Waals surface area contributed by atoms with E-state index in [9.17, 15) is 13.2 Å². The number of benzene rings is 2. The van der Waals surface area contributed by atoms with E-state index < -0.39 is 10.0 Å². The summed E-state index contributed by atoms with van der Waals surface area (Å²) in [6.45, 7) is 2.64. The van der Waals surface area contributed by atoms with Gasteiger partial charge in [-0.05, 0) is 24.3 Å². The molecule has 0 spiro atoms. The van der Waals surface area contributed by atoms with E-state index in [1.165, 1.54) is 4.31 Å². The predicted molar refractivity (Wildman–Crippen MR) is 108 cm³/mol. The minimum Gasteiger partial charge on any atom is -0.495 e. The molecule has 0 radical (unpaired) electrons. The Balaban J connectivity index is 1.47. The second-order valence-corrected chi connectivity index (χ2v) is 8.50. The van der Waals surface area contributed by atoms with Gasteiger partial charge in [-0.1, -0.05) is 30.3 Å². The second kappa shape index (κ2) is 9.18. The minimum atomic E-state index is -3.45. The quantitative estimate of drug-likeness (QED) is 0.765. The second-order valence-electron chi connectivity index (χ2n) is 6.56. The van der Waals surface area contributed by atoms with E-state index >= 15 is 0 Å². The van der Waals surface area contributed by atoms with Crippen LogP contribution < -0.4 is 10.1 Å². The van der Waals surface area contributed by atoms with Crippen molar-refractivity contribution in [3.63, 3.8) is 0 Å². The number of nitrogens with one attached hydrogen (secondary N) is 1. The number of hydrogen-bond donors (Lipinski definition) is 1. The van der Waals surface area contributed by atoms with E-state index in [1.807, 2.05) is 12.1 Å². The van der Waals surface area contributed by atoms with Gasteiger partial charge in [-0.15, -0.1) is 0 Å². The van der Waals surface area contributed by atoms with Gasteiger partial charge >= 0.3 is 0 Å². The molecule has 0 atom stereocenters. The lowest BCUT2D eigenvalue weighted by atomic mass is 10.2. The highest BCUT2D eigenvalue weighted by molar-refractivity contribution is 7.89. The smallest absolute Gasteiger partial charge is 0.243 e. The molecule has 0 unspecified atom stereocenters. The molecule has 150 valence electrons. The van der Waals surface area contributed by atoms with Crippen molar-refractivity contribution in [1.82, 2.24) is 9.21 Å². The molecule has 1 saturated heterocycles. The maximum absolute atomic E-state index is 12.7. The monoisotopic (exact) mass is 403 g/mol. The molecule has 7 nitrogen and oxygen atoms in total. The Labute approximate surface area is 166 Å². The van der Waals surface area contributed by atoms with Crippen molar-refractivity contribution < 1.29 is 17.9 Å².